The number of hydrogen-bond donors (Lipinski definition) is 2. The van der Waals surface area contributed by atoms with Gasteiger partial charge in [-0.15, -0.1) is 0 Å². The number of halogens is 1. The van der Waals surface area contributed by atoms with Crippen LogP contribution in [-0.4, -0.2) is 28.0 Å². The van der Waals surface area contributed by atoms with Crippen molar-refractivity contribution in [1.29, 1.82) is 0 Å². The van der Waals surface area contributed by atoms with Crippen LogP contribution in [0.2, 0.25) is 5.02 Å². The van der Waals surface area contributed by atoms with E-state index in [1.807, 2.05) is 20.1 Å². The van der Waals surface area contributed by atoms with E-state index >= 15 is 0 Å². The predicted octanol–water partition coefficient (Wildman–Crippen LogP) is 2.79. The third-order valence-electron chi connectivity index (χ3n) is 3.80. The van der Waals surface area contributed by atoms with Crippen molar-refractivity contribution >= 4 is 35.2 Å². The number of carbonyl (C=O) groups is 2. The molecule has 8 heteroatoms. The second kappa shape index (κ2) is 9.54. The summed E-state index contributed by atoms with van der Waals surface area (Å²) in [5.41, 5.74) is 8.39. The summed E-state index contributed by atoms with van der Waals surface area (Å²) in [4.78, 5) is 32.6. The molecule has 0 saturated carbocycles. The normalized spacial score (nSPS) is 10.5. The van der Waals surface area contributed by atoms with Crippen LogP contribution in [0.5, 0.6) is 0 Å². The second-order valence-corrected chi connectivity index (χ2v) is 6.97. The first kappa shape index (κ1) is 20.2. The van der Waals surface area contributed by atoms with Crippen LogP contribution in [0.25, 0.3) is 0 Å². The molecule has 2 rings (SSSR count). The molecule has 0 saturated heterocycles. The highest BCUT2D eigenvalue weighted by atomic mass is 35.5. The van der Waals surface area contributed by atoms with E-state index in [4.69, 9.17) is 11.6 Å². The summed E-state index contributed by atoms with van der Waals surface area (Å²) in [7, 11) is 0. The molecule has 0 fully saturated rings. The van der Waals surface area contributed by atoms with Crippen LogP contribution in [0.3, 0.4) is 0 Å². The number of nitrogens with zero attached hydrogens (tertiary/aromatic N) is 2. The zero-order chi connectivity index (χ0) is 19.1. The van der Waals surface area contributed by atoms with Crippen LogP contribution in [0.15, 0.2) is 29.4 Å². The van der Waals surface area contributed by atoms with E-state index in [2.05, 4.69) is 20.8 Å². The number of aromatic nitrogens is 2. The van der Waals surface area contributed by atoms with Gasteiger partial charge in [-0.2, -0.15) is 0 Å². The molecule has 0 radical (unpaired) electrons. The molecule has 0 unspecified atom stereocenters. The van der Waals surface area contributed by atoms with Crippen molar-refractivity contribution in [2.45, 2.75) is 38.3 Å². The topological polar surface area (TPSA) is 84.0 Å². The van der Waals surface area contributed by atoms with E-state index in [9.17, 15) is 9.59 Å². The molecule has 1 aromatic carbocycles. The van der Waals surface area contributed by atoms with E-state index in [0.29, 0.717) is 11.4 Å². The van der Waals surface area contributed by atoms with Gasteiger partial charge in [-0.05, 0) is 49.8 Å². The van der Waals surface area contributed by atoms with Gasteiger partial charge in [-0.3, -0.25) is 20.4 Å². The standard InChI is InChI=1S/C18H21ClN4O2S/c1-11-15(12(2)21-18(20-11)26-3)8-9-16(24)22-23-17(25)10-13-4-6-14(19)7-5-13/h4-7H,8-10H2,1-3H3,(H,22,24)(H,23,25). The summed E-state index contributed by atoms with van der Waals surface area (Å²) >= 11 is 7.29. The maximum absolute atomic E-state index is 12.0. The Morgan fingerprint density at radius 3 is 2.19 bits per heavy atom. The van der Waals surface area contributed by atoms with Gasteiger partial charge >= 0.3 is 0 Å². The molecule has 1 heterocycles. The number of nitrogens with one attached hydrogen (secondary N) is 2. The van der Waals surface area contributed by atoms with Gasteiger partial charge in [0.25, 0.3) is 0 Å². The molecule has 0 aliphatic heterocycles. The minimum absolute atomic E-state index is 0.166. The van der Waals surface area contributed by atoms with Crippen LogP contribution >= 0.6 is 23.4 Å². The molecule has 0 bridgehead atoms. The van der Waals surface area contributed by atoms with Crippen molar-refractivity contribution in [2.75, 3.05) is 6.26 Å². The molecule has 138 valence electrons. The molecule has 0 spiro atoms. The fraction of sp³-hybridized carbons (Fsp3) is 0.333. The summed E-state index contributed by atoms with van der Waals surface area (Å²) in [5.74, 6) is -0.553. The van der Waals surface area contributed by atoms with Crippen molar-refractivity contribution in [3.05, 3.63) is 51.8 Å². The van der Waals surface area contributed by atoms with Crippen molar-refractivity contribution < 1.29 is 9.59 Å². The average Bonchev–Trinajstić information content (AvgIpc) is 2.61. The number of aryl methyl sites for hydroxylation is 2. The summed E-state index contributed by atoms with van der Waals surface area (Å²) in [6.45, 7) is 3.82. The Morgan fingerprint density at radius 1 is 1.04 bits per heavy atom. The molecule has 2 N–H and O–H groups in total. The summed E-state index contributed by atoms with van der Waals surface area (Å²) < 4.78 is 0. The Labute approximate surface area is 162 Å². The first-order valence-electron chi connectivity index (χ1n) is 8.09. The molecule has 0 aliphatic carbocycles. The molecular formula is C18H21ClN4O2S. The molecule has 0 atom stereocenters. The first-order chi connectivity index (χ1) is 12.4. The highest BCUT2D eigenvalue weighted by Gasteiger charge is 2.11. The lowest BCUT2D eigenvalue weighted by Gasteiger charge is -2.11. The van der Waals surface area contributed by atoms with Crippen LogP contribution in [-0.2, 0) is 22.4 Å². The zero-order valence-electron chi connectivity index (χ0n) is 14.9. The Hall–Kier alpha value is -2.12. The fourth-order valence-corrected chi connectivity index (χ4v) is 3.02. The zero-order valence-corrected chi connectivity index (χ0v) is 16.5. The van der Waals surface area contributed by atoms with Crippen LogP contribution in [0.4, 0.5) is 0 Å². The predicted molar refractivity (Wildman–Crippen MR) is 103 cm³/mol. The lowest BCUT2D eigenvalue weighted by Crippen LogP contribution is -2.42. The molecule has 26 heavy (non-hydrogen) atoms. The van der Waals surface area contributed by atoms with Crippen molar-refractivity contribution in [2.24, 2.45) is 0 Å². The van der Waals surface area contributed by atoms with E-state index in [1.54, 1.807) is 24.3 Å². The van der Waals surface area contributed by atoms with Gasteiger partial charge in [-0.25, -0.2) is 9.97 Å². The van der Waals surface area contributed by atoms with E-state index in [-0.39, 0.29) is 24.7 Å². The second-order valence-electron chi connectivity index (χ2n) is 5.76. The number of amides is 2. The summed E-state index contributed by atoms with van der Waals surface area (Å²) in [6.07, 6.45) is 2.85. The Morgan fingerprint density at radius 2 is 1.62 bits per heavy atom. The molecule has 2 amide bonds. The molecule has 6 nitrogen and oxygen atoms in total. The molecule has 2 aromatic rings. The van der Waals surface area contributed by atoms with E-state index < -0.39 is 0 Å². The lowest BCUT2D eigenvalue weighted by molar-refractivity contribution is -0.128. The average molecular weight is 393 g/mol. The molecule has 0 aliphatic rings. The number of benzene rings is 1. The van der Waals surface area contributed by atoms with Gasteiger partial charge in [0.05, 0.1) is 6.42 Å². The van der Waals surface area contributed by atoms with Crippen molar-refractivity contribution in [3.63, 3.8) is 0 Å². The smallest absolute Gasteiger partial charge is 0.242 e. The van der Waals surface area contributed by atoms with Gasteiger partial charge in [0.2, 0.25) is 11.8 Å². The minimum atomic E-state index is -0.291. The van der Waals surface area contributed by atoms with Gasteiger partial charge in [0.15, 0.2) is 5.16 Å². The number of hydrazine groups is 1. The fourth-order valence-electron chi connectivity index (χ4n) is 2.43. The maximum Gasteiger partial charge on any atom is 0.242 e. The quantitative estimate of drug-likeness (QED) is 0.448. The van der Waals surface area contributed by atoms with E-state index in [0.717, 1.165) is 27.7 Å². The highest BCUT2D eigenvalue weighted by molar-refractivity contribution is 7.98. The third-order valence-corrected chi connectivity index (χ3v) is 4.60. The first-order valence-corrected chi connectivity index (χ1v) is 9.69. The molecule has 1 aromatic heterocycles. The van der Waals surface area contributed by atoms with Gasteiger partial charge in [0, 0.05) is 22.8 Å². The number of rotatable bonds is 6. The summed E-state index contributed by atoms with van der Waals surface area (Å²) in [6, 6.07) is 6.98. The van der Waals surface area contributed by atoms with Crippen LogP contribution < -0.4 is 10.9 Å². The Bertz CT molecular complexity index is 773. The van der Waals surface area contributed by atoms with E-state index in [1.165, 1.54) is 11.8 Å². The monoisotopic (exact) mass is 392 g/mol. The number of thioether (sulfide) groups is 1. The van der Waals surface area contributed by atoms with Crippen LogP contribution in [0, 0.1) is 13.8 Å². The highest BCUT2D eigenvalue weighted by Crippen LogP contribution is 2.17. The summed E-state index contributed by atoms with van der Waals surface area (Å²) in [5, 5.41) is 1.34. The Balaban J connectivity index is 1.80. The maximum atomic E-state index is 12.0. The van der Waals surface area contributed by atoms with Crippen LogP contribution in [0.1, 0.15) is 28.9 Å². The number of hydrogen-bond acceptors (Lipinski definition) is 5. The van der Waals surface area contributed by atoms with Gasteiger partial charge in [0.1, 0.15) is 0 Å². The molecular weight excluding hydrogens is 372 g/mol. The van der Waals surface area contributed by atoms with Crippen molar-refractivity contribution in [1.82, 2.24) is 20.8 Å². The van der Waals surface area contributed by atoms with Crippen molar-refractivity contribution in [3.8, 4) is 0 Å². The minimum Gasteiger partial charge on any atom is -0.273 e. The third kappa shape index (κ3) is 6.00. The van der Waals surface area contributed by atoms with Gasteiger partial charge < -0.3 is 0 Å². The lowest BCUT2D eigenvalue weighted by atomic mass is 10.1. The Kier molecular flexibility index (Phi) is 7.41. The number of carbonyl (C=O) groups excluding carboxylic acids is 2. The van der Waals surface area contributed by atoms with Gasteiger partial charge in [-0.1, -0.05) is 35.5 Å². The largest absolute Gasteiger partial charge is 0.273 e. The SMILES string of the molecule is CSc1nc(C)c(CCC(=O)NNC(=O)Cc2ccc(Cl)cc2)c(C)n1.